The lowest BCUT2D eigenvalue weighted by Crippen LogP contribution is -2.61. The van der Waals surface area contributed by atoms with Gasteiger partial charge in [-0.25, -0.2) is 0 Å². The summed E-state index contributed by atoms with van der Waals surface area (Å²) in [5, 5.41) is 4.18. The van der Waals surface area contributed by atoms with Gasteiger partial charge < -0.3 is 4.90 Å². The van der Waals surface area contributed by atoms with Gasteiger partial charge in [0, 0.05) is 31.2 Å². The lowest BCUT2D eigenvalue weighted by atomic mass is 9.71. The largest absolute Gasteiger partial charge is 0.335 e. The van der Waals surface area contributed by atoms with Gasteiger partial charge in [0.1, 0.15) is 5.69 Å². The number of likely N-dealkylation sites (tertiary alicyclic amines) is 1. The second-order valence-electron chi connectivity index (χ2n) is 5.69. The van der Waals surface area contributed by atoms with Crippen LogP contribution in [0.3, 0.4) is 0 Å². The van der Waals surface area contributed by atoms with Crippen LogP contribution in [-0.2, 0) is 12.0 Å². The molecule has 0 N–H and O–H groups in total. The highest BCUT2D eigenvalue weighted by atomic mass is 16.2. The zero-order valence-electron chi connectivity index (χ0n) is 12.6. The summed E-state index contributed by atoms with van der Waals surface area (Å²) in [6.07, 6.45) is 2.74. The Hall–Kier alpha value is -2.10. The van der Waals surface area contributed by atoms with Crippen molar-refractivity contribution in [2.75, 3.05) is 13.1 Å². The van der Waals surface area contributed by atoms with Crippen molar-refractivity contribution < 1.29 is 4.79 Å². The normalized spacial score (nSPS) is 16.6. The van der Waals surface area contributed by atoms with Gasteiger partial charge in [-0.2, -0.15) is 5.10 Å². The van der Waals surface area contributed by atoms with E-state index in [1.807, 2.05) is 17.9 Å². The van der Waals surface area contributed by atoms with Gasteiger partial charge >= 0.3 is 0 Å². The highest BCUT2D eigenvalue weighted by Gasteiger charge is 2.45. The lowest BCUT2D eigenvalue weighted by molar-refractivity contribution is 0.0364. The van der Waals surface area contributed by atoms with Gasteiger partial charge in [0.2, 0.25) is 0 Å². The molecular formula is C17H21N3O. The number of rotatable bonds is 4. The minimum atomic E-state index is 0.0920. The molecule has 4 nitrogen and oxygen atoms in total. The maximum absolute atomic E-state index is 12.6. The van der Waals surface area contributed by atoms with Gasteiger partial charge in [0.25, 0.3) is 5.91 Å². The Morgan fingerprint density at radius 1 is 1.19 bits per heavy atom. The van der Waals surface area contributed by atoms with Gasteiger partial charge in [-0.3, -0.25) is 9.48 Å². The van der Waals surface area contributed by atoms with Crippen molar-refractivity contribution in [3.05, 3.63) is 53.9 Å². The van der Waals surface area contributed by atoms with E-state index >= 15 is 0 Å². The average molecular weight is 283 g/mol. The Kier molecular flexibility index (Phi) is 3.53. The number of amides is 1. The van der Waals surface area contributed by atoms with Crippen LogP contribution in [0.4, 0.5) is 0 Å². The molecule has 1 aromatic carbocycles. The summed E-state index contributed by atoms with van der Waals surface area (Å²) in [6.45, 7) is 6.51. The summed E-state index contributed by atoms with van der Waals surface area (Å²) < 4.78 is 1.76. The molecule has 1 aliphatic heterocycles. The van der Waals surface area contributed by atoms with Crippen LogP contribution in [0.1, 0.15) is 36.3 Å². The average Bonchev–Trinajstić information content (AvgIpc) is 2.96. The fourth-order valence-electron chi connectivity index (χ4n) is 3.16. The van der Waals surface area contributed by atoms with Crippen LogP contribution in [-0.4, -0.2) is 33.7 Å². The van der Waals surface area contributed by atoms with E-state index in [1.54, 1.807) is 16.9 Å². The minimum Gasteiger partial charge on any atom is -0.335 e. The molecule has 1 aromatic heterocycles. The summed E-state index contributed by atoms with van der Waals surface area (Å²) in [6, 6.07) is 12.3. The first-order valence-electron chi connectivity index (χ1n) is 7.57. The SMILES string of the molecule is CCn1nccc1C(=O)N1CC(CC)(c2ccccc2)C1. The van der Waals surface area contributed by atoms with Crippen LogP contribution >= 0.6 is 0 Å². The summed E-state index contributed by atoms with van der Waals surface area (Å²) in [5.41, 5.74) is 2.14. The fraction of sp³-hybridized carbons (Fsp3) is 0.412. The third kappa shape index (κ3) is 2.24. The van der Waals surface area contributed by atoms with Gasteiger partial charge in [-0.05, 0) is 25.0 Å². The molecule has 0 aliphatic carbocycles. The van der Waals surface area contributed by atoms with Gasteiger partial charge in [-0.1, -0.05) is 37.3 Å². The lowest BCUT2D eigenvalue weighted by Gasteiger charge is -2.50. The quantitative estimate of drug-likeness (QED) is 0.865. The molecule has 0 saturated carbocycles. The second-order valence-corrected chi connectivity index (χ2v) is 5.69. The third-order valence-electron chi connectivity index (χ3n) is 4.57. The molecule has 2 aromatic rings. The molecular weight excluding hydrogens is 262 g/mol. The van der Waals surface area contributed by atoms with Crippen LogP contribution in [0.5, 0.6) is 0 Å². The second kappa shape index (κ2) is 5.35. The number of carbonyl (C=O) groups is 1. The number of aryl methyl sites for hydroxylation is 1. The van der Waals surface area contributed by atoms with Gasteiger partial charge in [0.05, 0.1) is 0 Å². The Labute approximate surface area is 125 Å². The maximum Gasteiger partial charge on any atom is 0.272 e. The molecule has 4 heteroatoms. The zero-order valence-corrected chi connectivity index (χ0v) is 12.6. The van der Waals surface area contributed by atoms with E-state index in [9.17, 15) is 4.79 Å². The van der Waals surface area contributed by atoms with E-state index in [1.165, 1.54) is 5.56 Å². The fourth-order valence-corrected chi connectivity index (χ4v) is 3.16. The topological polar surface area (TPSA) is 38.1 Å². The van der Waals surface area contributed by atoms with Crippen LogP contribution < -0.4 is 0 Å². The zero-order chi connectivity index (χ0) is 14.9. The molecule has 1 saturated heterocycles. The monoisotopic (exact) mass is 283 g/mol. The predicted octanol–water partition coefficient (Wildman–Crippen LogP) is 2.71. The number of hydrogen-bond acceptors (Lipinski definition) is 2. The molecule has 21 heavy (non-hydrogen) atoms. The first-order chi connectivity index (χ1) is 10.2. The van der Waals surface area contributed by atoms with Crippen LogP contribution in [0.25, 0.3) is 0 Å². The summed E-state index contributed by atoms with van der Waals surface area (Å²) in [7, 11) is 0. The van der Waals surface area contributed by atoms with Crippen LogP contribution in [0, 0.1) is 0 Å². The maximum atomic E-state index is 12.6. The first kappa shape index (κ1) is 13.9. The van der Waals surface area contributed by atoms with E-state index in [2.05, 4.69) is 36.3 Å². The molecule has 0 unspecified atom stereocenters. The number of hydrogen-bond donors (Lipinski definition) is 0. The van der Waals surface area contributed by atoms with Gasteiger partial charge in [0.15, 0.2) is 0 Å². The Morgan fingerprint density at radius 3 is 2.52 bits per heavy atom. The minimum absolute atomic E-state index is 0.0920. The Balaban J connectivity index is 1.76. The van der Waals surface area contributed by atoms with Crippen molar-refractivity contribution >= 4 is 5.91 Å². The summed E-state index contributed by atoms with van der Waals surface area (Å²) in [5.74, 6) is 0.0920. The number of benzene rings is 1. The highest BCUT2D eigenvalue weighted by molar-refractivity contribution is 5.93. The van der Waals surface area contributed by atoms with Crippen LogP contribution in [0.15, 0.2) is 42.6 Å². The molecule has 1 amide bonds. The predicted molar refractivity (Wildman–Crippen MR) is 82.2 cm³/mol. The number of carbonyl (C=O) groups excluding carboxylic acids is 1. The van der Waals surface area contributed by atoms with Crippen molar-refractivity contribution in [3.8, 4) is 0 Å². The molecule has 2 heterocycles. The first-order valence-corrected chi connectivity index (χ1v) is 7.57. The van der Waals surface area contributed by atoms with Crippen molar-refractivity contribution in [2.45, 2.75) is 32.2 Å². The molecule has 0 atom stereocenters. The van der Waals surface area contributed by atoms with E-state index in [-0.39, 0.29) is 11.3 Å². The molecule has 110 valence electrons. The summed E-state index contributed by atoms with van der Waals surface area (Å²) >= 11 is 0. The molecule has 3 rings (SSSR count). The highest BCUT2D eigenvalue weighted by Crippen LogP contribution is 2.38. The van der Waals surface area contributed by atoms with E-state index < -0.39 is 0 Å². The van der Waals surface area contributed by atoms with Gasteiger partial charge in [-0.15, -0.1) is 0 Å². The molecule has 0 spiro atoms. The van der Waals surface area contributed by atoms with E-state index in [0.29, 0.717) is 5.69 Å². The standard InChI is InChI=1S/C17H21N3O/c1-3-17(14-8-6-5-7-9-14)12-19(13-17)16(21)15-10-11-18-20(15)4-2/h5-11H,3-4,12-13H2,1-2H3. The Morgan fingerprint density at radius 2 is 1.90 bits per heavy atom. The molecule has 0 radical (unpaired) electrons. The van der Waals surface area contributed by atoms with E-state index in [0.717, 1.165) is 26.1 Å². The smallest absolute Gasteiger partial charge is 0.272 e. The molecule has 1 fully saturated rings. The van der Waals surface area contributed by atoms with Crippen molar-refractivity contribution in [3.63, 3.8) is 0 Å². The number of nitrogens with zero attached hydrogens (tertiary/aromatic N) is 3. The summed E-state index contributed by atoms with van der Waals surface area (Å²) in [4.78, 5) is 14.5. The third-order valence-corrected chi connectivity index (χ3v) is 4.57. The van der Waals surface area contributed by atoms with Crippen LogP contribution in [0.2, 0.25) is 0 Å². The van der Waals surface area contributed by atoms with E-state index in [4.69, 9.17) is 0 Å². The van der Waals surface area contributed by atoms with Crippen molar-refractivity contribution in [1.82, 2.24) is 14.7 Å². The van der Waals surface area contributed by atoms with Crippen molar-refractivity contribution in [2.24, 2.45) is 0 Å². The number of aromatic nitrogens is 2. The molecule has 1 aliphatic rings. The Bertz CT molecular complexity index is 626. The molecule has 0 bridgehead atoms. The van der Waals surface area contributed by atoms with Crippen molar-refractivity contribution in [1.29, 1.82) is 0 Å².